The molecule has 2 atom stereocenters. The second kappa shape index (κ2) is 6.04. The maximum absolute atomic E-state index is 11.8. The average molecular weight is 314 g/mol. The Kier molecular flexibility index (Phi) is 4.72. The molecule has 120 valence electrons. The molecule has 0 spiro atoms. The summed E-state index contributed by atoms with van der Waals surface area (Å²) in [5.41, 5.74) is 0.0125. The summed E-state index contributed by atoms with van der Waals surface area (Å²) < 4.78 is 25.5. The van der Waals surface area contributed by atoms with Gasteiger partial charge in [0.15, 0.2) is 0 Å². The van der Waals surface area contributed by atoms with Gasteiger partial charge in [-0.05, 0) is 40.0 Å². The predicted octanol–water partition coefficient (Wildman–Crippen LogP) is 1.69. The molecule has 2 rings (SSSR count). The van der Waals surface area contributed by atoms with E-state index in [1.807, 2.05) is 4.68 Å². The van der Waals surface area contributed by atoms with Crippen LogP contribution in [0.1, 0.15) is 58.3 Å². The quantitative estimate of drug-likeness (QED) is 0.915. The zero-order chi connectivity index (χ0) is 15.7. The number of sulfone groups is 1. The minimum absolute atomic E-state index is 0.0125. The van der Waals surface area contributed by atoms with Crippen molar-refractivity contribution in [3.63, 3.8) is 0 Å². The van der Waals surface area contributed by atoms with Gasteiger partial charge in [0.05, 0.1) is 17.8 Å². The Hall–Kier alpha value is -0.950. The van der Waals surface area contributed by atoms with Crippen molar-refractivity contribution < 1.29 is 8.42 Å². The largest absolute Gasteiger partial charge is 0.305 e. The highest BCUT2D eigenvalue weighted by Crippen LogP contribution is 2.32. The van der Waals surface area contributed by atoms with E-state index in [4.69, 9.17) is 0 Å². The van der Waals surface area contributed by atoms with Crippen LogP contribution >= 0.6 is 0 Å². The van der Waals surface area contributed by atoms with Gasteiger partial charge >= 0.3 is 0 Å². The van der Waals surface area contributed by atoms with Crippen LogP contribution in [0.25, 0.3) is 0 Å². The van der Waals surface area contributed by atoms with Crippen LogP contribution in [0.3, 0.4) is 0 Å². The van der Waals surface area contributed by atoms with Gasteiger partial charge in [0, 0.05) is 11.8 Å². The summed E-state index contributed by atoms with van der Waals surface area (Å²) in [6.45, 7) is 6.96. The molecule has 1 heterocycles. The summed E-state index contributed by atoms with van der Waals surface area (Å²) in [5.74, 6) is 0.879. The van der Waals surface area contributed by atoms with E-state index in [0.29, 0.717) is 13.0 Å². The lowest BCUT2D eigenvalue weighted by Gasteiger charge is -2.29. The molecule has 1 aliphatic rings. The lowest BCUT2D eigenvalue weighted by Crippen LogP contribution is -2.37. The highest BCUT2D eigenvalue weighted by atomic mass is 32.2. The Morgan fingerprint density at radius 3 is 2.71 bits per heavy atom. The fourth-order valence-corrected chi connectivity index (χ4v) is 3.95. The molecule has 1 N–H and O–H groups in total. The molecule has 1 aliphatic carbocycles. The van der Waals surface area contributed by atoms with Crippen molar-refractivity contribution in [3.05, 3.63) is 12.2 Å². The highest BCUT2D eigenvalue weighted by Gasteiger charge is 2.31. The van der Waals surface area contributed by atoms with Crippen LogP contribution in [-0.4, -0.2) is 40.2 Å². The van der Waals surface area contributed by atoms with Crippen molar-refractivity contribution in [2.75, 3.05) is 6.26 Å². The summed E-state index contributed by atoms with van der Waals surface area (Å²) in [6.07, 6.45) is 6.20. The van der Waals surface area contributed by atoms with Gasteiger partial charge in [0.1, 0.15) is 22.0 Å². The van der Waals surface area contributed by atoms with Crippen LogP contribution in [-0.2, 0) is 16.4 Å². The van der Waals surface area contributed by atoms with Gasteiger partial charge in [-0.1, -0.05) is 6.42 Å². The Morgan fingerprint density at radius 2 is 2.10 bits per heavy atom. The molecule has 6 nitrogen and oxygen atoms in total. The summed E-state index contributed by atoms with van der Waals surface area (Å²) in [5, 5.41) is 7.48. The van der Waals surface area contributed by atoms with E-state index in [-0.39, 0.29) is 16.8 Å². The second-order valence-electron chi connectivity index (χ2n) is 7.00. The molecule has 7 heteroatoms. The molecule has 1 saturated carbocycles. The van der Waals surface area contributed by atoms with E-state index < -0.39 is 9.84 Å². The Bertz CT molecular complexity index is 574. The molecule has 0 amide bonds. The van der Waals surface area contributed by atoms with Gasteiger partial charge in [-0.2, -0.15) is 5.10 Å². The van der Waals surface area contributed by atoms with Crippen LogP contribution in [0.5, 0.6) is 0 Å². The monoisotopic (exact) mass is 314 g/mol. The molecular formula is C14H26N4O2S. The van der Waals surface area contributed by atoms with Crippen LogP contribution in [0.4, 0.5) is 0 Å². The molecule has 0 aromatic carbocycles. The molecule has 0 aliphatic heterocycles. The van der Waals surface area contributed by atoms with Crippen molar-refractivity contribution in [1.29, 1.82) is 0 Å². The highest BCUT2D eigenvalue weighted by molar-refractivity contribution is 7.91. The van der Waals surface area contributed by atoms with E-state index in [2.05, 4.69) is 36.2 Å². The number of nitrogens with one attached hydrogen (secondary N) is 1. The summed E-state index contributed by atoms with van der Waals surface area (Å²) in [6, 6.07) is 0.137. The minimum Gasteiger partial charge on any atom is -0.305 e. The normalized spacial score (nSPS) is 24.2. The fraction of sp³-hybridized carbons (Fsp3) is 0.857. The predicted molar refractivity (Wildman–Crippen MR) is 82.8 cm³/mol. The SMILES string of the molecule is CC(C)(C)NCc1ncnn1C1CCCC(S(C)(=O)=O)C1. The van der Waals surface area contributed by atoms with Gasteiger partial charge in [-0.15, -0.1) is 0 Å². The Labute approximate surface area is 127 Å². The molecule has 0 radical (unpaired) electrons. The average Bonchev–Trinajstić information content (AvgIpc) is 2.83. The first-order valence-corrected chi connectivity index (χ1v) is 9.44. The van der Waals surface area contributed by atoms with Crippen molar-refractivity contribution in [3.8, 4) is 0 Å². The van der Waals surface area contributed by atoms with E-state index in [0.717, 1.165) is 25.1 Å². The number of rotatable bonds is 4. The molecule has 21 heavy (non-hydrogen) atoms. The summed E-state index contributed by atoms with van der Waals surface area (Å²) in [4.78, 5) is 4.32. The van der Waals surface area contributed by atoms with Gasteiger partial charge in [-0.3, -0.25) is 0 Å². The lowest BCUT2D eigenvalue weighted by molar-refractivity contribution is 0.313. The van der Waals surface area contributed by atoms with Gasteiger partial charge < -0.3 is 5.32 Å². The van der Waals surface area contributed by atoms with E-state index in [1.54, 1.807) is 6.33 Å². The first kappa shape index (κ1) is 16.4. The molecule has 1 aromatic heterocycles. The van der Waals surface area contributed by atoms with Crippen LogP contribution in [0, 0.1) is 0 Å². The molecule has 0 bridgehead atoms. The van der Waals surface area contributed by atoms with Gasteiger partial charge in [0.25, 0.3) is 0 Å². The molecule has 1 fully saturated rings. The Balaban J connectivity index is 2.10. The smallest absolute Gasteiger partial charge is 0.150 e. The third kappa shape index (κ3) is 4.51. The van der Waals surface area contributed by atoms with E-state index >= 15 is 0 Å². The standard InChI is InChI=1S/C14H26N4O2S/c1-14(2,3)16-9-13-15-10-17-18(13)11-6-5-7-12(8-11)21(4,19)20/h10-12,16H,5-9H2,1-4H3. The van der Waals surface area contributed by atoms with Crippen molar-refractivity contribution in [1.82, 2.24) is 20.1 Å². The number of aromatic nitrogens is 3. The Morgan fingerprint density at radius 1 is 1.38 bits per heavy atom. The first-order chi connectivity index (χ1) is 9.67. The van der Waals surface area contributed by atoms with Crippen molar-refractivity contribution in [2.24, 2.45) is 0 Å². The summed E-state index contributed by atoms with van der Waals surface area (Å²) in [7, 11) is -2.98. The number of hydrogen-bond acceptors (Lipinski definition) is 5. The maximum Gasteiger partial charge on any atom is 0.150 e. The van der Waals surface area contributed by atoms with Gasteiger partial charge in [0.2, 0.25) is 0 Å². The zero-order valence-corrected chi connectivity index (χ0v) is 14.2. The minimum atomic E-state index is -2.98. The molecular weight excluding hydrogens is 288 g/mol. The molecule has 2 unspecified atom stereocenters. The van der Waals surface area contributed by atoms with Crippen LogP contribution < -0.4 is 5.32 Å². The molecule has 1 aromatic rings. The number of nitrogens with zero attached hydrogens (tertiary/aromatic N) is 3. The first-order valence-electron chi connectivity index (χ1n) is 7.49. The van der Waals surface area contributed by atoms with Crippen molar-refractivity contribution >= 4 is 9.84 Å². The number of hydrogen-bond donors (Lipinski definition) is 1. The fourth-order valence-electron chi connectivity index (χ4n) is 2.78. The second-order valence-corrected chi connectivity index (χ2v) is 9.32. The van der Waals surface area contributed by atoms with E-state index in [1.165, 1.54) is 6.26 Å². The lowest BCUT2D eigenvalue weighted by atomic mass is 9.95. The summed E-state index contributed by atoms with van der Waals surface area (Å²) >= 11 is 0. The third-order valence-electron chi connectivity index (χ3n) is 3.97. The third-order valence-corrected chi connectivity index (χ3v) is 5.61. The van der Waals surface area contributed by atoms with Crippen LogP contribution in [0.15, 0.2) is 6.33 Å². The van der Waals surface area contributed by atoms with Crippen molar-refractivity contribution in [2.45, 2.75) is 69.8 Å². The van der Waals surface area contributed by atoms with Crippen LogP contribution in [0.2, 0.25) is 0 Å². The maximum atomic E-state index is 11.8. The molecule has 0 saturated heterocycles. The topological polar surface area (TPSA) is 76.9 Å². The van der Waals surface area contributed by atoms with Gasteiger partial charge in [-0.25, -0.2) is 18.1 Å². The van der Waals surface area contributed by atoms with E-state index in [9.17, 15) is 8.42 Å². The zero-order valence-electron chi connectivity index (χ0n) is 13.3.